The van der Waals surface area contributed by atoms with Crippen LogP contribution in [0.1, 0.15) is 5.56 Å². The highest BCUT2D eigenvalue weighted by Gasteiger charge is 2.18. The predicted octanol–water partition coefficient (Wildman–Crippen LogP) is 4.26. The summed E-state index contributed by atoms with van der Waals surface area (Å²) in [5, 5.41) is 0.156. The smallest absolute Gasteiger partial charge is 0.261 e. The lowest BCUT2D eigenvalue weighted by molar-refractivity contribution is 0.414. The van der Waals surface area contributed by atoms with E-state index in [0.717, 1.165) is 5.56 Å². The van der Waals surface area contributed by atoms with E-state index in [0.29, 0.717) is 11.4 Å². The summed E-state index contributed by atoms with van der Waals surface area (Å²) in [5.41, 5.74) is 1.64. The third kappa shape index (κ3) is 5.05. The van der Waals surface area contributed by atoms with Gasteiger partial charge in [-0.1, -0.05) is 29.3 Å². The second-order valence-electron chi connectivity index (χ2n) is 6.40. The Bertz CT molecular complexity index is 1260. The number of halogens is 1. The fraction of sp³-hybridized carbons (Fsp3) is 0.100. The second kappa shape index (κ2) is 8.55. The van der Waals surface area contributed by atoms with E-state index in [-0.39, 0.29) is 20.5 Å². The molecule has 3 aromatic carbocycles. The summed E-state index contributed by atoms with van der Waals surface area (Å²) in [6, 6.07) is 16.4. The molecular formula is C20H19ClN2O5S2. The van der Waals surface area contributed by atoms with Crippen molar-refractivity contribution in [3.8, 4) is 5.75 Å². The molecule has 2 N–H and O–H groups in total. The number of hydrogen-bond acceptors (Lipinski definition) is 5. The quantitative estimate of drug-likeness (QED) is 0.541. The van der Waals surface area contributed by atoms with Crippen LogP contribution in [0.15, 0.2) is 76.5 Å². The molecule has 0 aromatic heterocycles. The number of benzene rings is 3. The number of methoxy groups -OCH3 is 1. The maximum atomic E-state index is 12.6. The van der Waals surface area contributed by atoms with E-state index < -0.39 is 20.0 Å². The molecule has 0 aliphatic heterocycles. The van der Waals surface area contributed by atoms with E-state index in [4.69, 9.17) is 16.3 Å². The van der Waals surface area contributed by atoms with Crippen LogP contribution in [-0.2, 0) is 20.0 Å². The van der Waals surface area contributed by atoms with Gasteiger partial charge in [0, 0.05) is 11.4 Å². The molecule has 3 aromatic rings. The summed E-state index contributed by atoms with van der Waals surface area (Å²) >= 11 is 5.99. The average Bonchev–Trinajstić information content (AvgIpc) is 2.69. The molecule has 0 aliphatic rings. The van der Waals surface area contributed by atoms with E-state index >= 15 is 0 Å². The van der Waals surface area contributed by atoms with Crippen LogP contribution in [0.5, 0.6) is 5.75 Å². The molecular weight excluding hydrogens is 448 g/mol. The molecule has 10 heteroatoms. The minimum Gasteiger partial charge on any atom is -0.495 e. The van der Waals surface area contributed by atoms with Gasteiger partial charge in [0.05, 0.1) is 21.9 Å². The second-order valence-corrected chi connectivity index (χ2v) is 10.2. The zero-order valence-electron chi connectivity index (χ0n) is 16.1. The van der Waals surface area contributed by atoms with Gasteiger partial charge in [0.1, 0.15) is 5.75 Å². The van der Waals surface area contributed by atoms with Crippen LogP contribution < -0.4 is 14.2 Å². The molecule has 0 spiro atoms. The van der Waals surface area contributed by atoms with Crippen LogP contribution >= 0.6 is 11.6 Å². The van der Waals surface area contributed by atoms with Gasteiger partial charge in [-0.05, 0) is 61.5 Å². The third-order valence-corrected chi connectivity index (χ3v) is 7.23. The van der Waals surface area contributed by atoms with Gasteiger partial charge in [-0.2, -0.15) is 0 Å². The fourth-order valence-corrected chi connectivity index (χ4v) is 5.03. The SMILES string of the molecule is COc1ccc(S(=O)(=O)Nc2ccc(S(=O)(=O)Nc3ccc(C)cc3)cc2)cc1Cl. The van der Waals surface area contributed by atoms with E-state index in [1.807, 2.05) is 6.92 Å². The molecule has 158 valence electrons. The number of anilines is 2. The molecule has 0 heterocycles. The normalized spacial score (nSPS) is 11.7. The standard InChI is InChI=1S/C20H19ClN2O5S2/c1-14-3-5-15(6-4-14)22-29(24,25)17-9-7-16(8-10-17)23-30(26,27)18-11-12-20(28-2)19(21)13-18/h3-13,22-23H,1-2H3. The average molecular weight is 467 g/mol. The largest absolute Gasteiger partial charge is 0.495 e. The van der Waals surface area contributed by atoms with Crippen LogP contribution in [0.4, 0.5) is 11.4 Å². The van der Waals surface area contributed by atoms with Gasteiger partial charge in [-0.25, -0.2) is 16.8 Å². The Hall–Kier alpha value is -2.75. The monoisotopic (exact) mass is 466 g/mol. The summed E-state index contributed by atoms with van der Waals surface area (Å²) in [5.74, 6) is 0.353. The van der Waals surface area contributed by atoms with Crippen molar-refractivity contribution in [2.45, 2.75) is 16.7 Å². The van der Waals surface area contributed by atoms with E-state index in [9.17, 15) is 16.8 Å². The maximum Gasteiger partial charge on any atom is 0.261 e. The zero-order chi connectivity index (χ0) is 21.9. The van der Waals surface area contributed by atoms with Crippen LogP contribution in [-0.4, -0.2) is 23.9 Å². The highest BCUT2D eigenvalue weighted by Crippen LogP contribution is 2.28. The predicted molar refractivity (Wildman–Crippen MR) is 117 cm³/mol. The first-order valence-corrected chi connectivity index (χ1v) is 12.0. The molecule has 0 fully saturated rings. The van der Waals surface area contributed by atoms with E-state index in [2.05, 4.69) is 9.44 Å². The number of ether oxygens (including phenoxy) is 1. The minimum atomic E-state index is -3.92. The van der Waals surface area contributed by atoms with Crippen molar-refractivity contribution in [1.82, 2.24) is 0 Å². The molecule has 0 bridgehead atoms. The highest BCUT2D eigenvalue weighted by molar-refractivity contribution is 7.93. The van der Waals surface area contributed by atoms with Crippen LogP contribution in [0.3, 0.4) is 0 Å². The lowest BCUT2D eigenvalue weighted by atomic mass is 10.2. The molecule has 0 atom stereocenters. The van der Waals surface area contributed by atoms with Crippen molar-refractivity contribution in [2.24, 2.45) is 0 Å². The summed E-state index contributed by atoms with van der Waals surface area (Å²) in [7, 11) is -6.30. The van der Waals surface area contributed by atoms with Gasteiger partial charge in [0.25, 0.3) is 20.0 Å². The molecule has 3 rings (SSSR count). The van der Waals surface area contributed by atoms with Crippen molar-refractivity contribution >= 4 is 43.0 Å². The van der Waals surface area contributed by atoms with Gasteiger partial charge in [-0.3, -0.25) is 9.44 Å². The Labute approximate surface area is 180 Å². The highest BCUT2D eigenvalue weighted by atomic mass is 35.5. The molecule has 0 saturated carbocycles. The van der Waals surface area contributed by atoms with Crippen LogP contribution in [0, 0.1) is 6.92 Å². The number of hydrogen-bond donors (Lipinski definition) is 2. The number of sulfonamides is 2. The van der Waals surface area contributed by atoms with Gasteiger partial charge < -0.3 is 4.74 Å². The van der Waals surface area contributed by atoms with Crippen molar-refractivity contribution in [3.63, 3.8) is 0 Å². The zero-order valence-corrected chi connectivity index (χ0v) is 18.5. The first kappa shape index (κ1) is 21.9. The van der Waals surface area contributed by atoms with Crippen molar-refractivity contribution in [1.29, 1.82) is 0 Å². The van der Waals surface area contributed by atoms with Crippen molar-refractivity contribution in [2.75, 3.05) is 16.6 Å². The Morgan fingerprint density at radius 2 is 1.20 bits per heavy atom. The topological polar surface area (TPSA) is 102 Å². The van der Waals surface area contributed by atoms with Gasteiger partial charge in [0.2, 0.25) is 0 Å². The number of nitrogens with one attached hydrogen (secondary N) is 2. The van der Waals surface area contributed by atoms with Gasteiger partial charge in [-0.15, -0.1) is 0 Å². The molecule has 0 radical (unpaired) electrons. The van der Waals surface area contributed by atoms with Gasteiger partial charge >= 0.3 is 0 Å². The third-order valence-electron chi connectivity index (χ3n) is 4.15. The van der Waals surface area contributed by atoms with Crippen LogP contribution in [0.25, 0.3) is 0 Å². The summed E-state index contributed by atoms with van der Waals surface area (Å²) < 4.78 is 60.1. The Morgan fingerprint density at radius 1 is 0.733 bits per heavy atom. The first-order valence-electron chi connectivity index (χ1n) is 8.67. The number of rotatable bonds is 7. The van der Waals surface area contributed by atoms with Gasteiger partial charge in [0.15, 0.2) is 0 Å². The Balaban J connectivity index is 1.78. The van der Waals surface area contributed by atoms with Crippen molar-refractivity contribution < 1.29 is 21.6 Å². The number of aryl methyl sites for hydroxylation is 1. The summed E-state index contributed by atoms with van der Waals surface area (Å²) in [6.07, 6.45) is 0. The lowest BCUT2D eigenvalue weighted by Gasteiger charge is -2.11. The first-order chi connectivity index (χ1) is 14.1. The minimum absolute atomic E-state index is 0.00138. The Kier molecular flexibility index (Phi) is 6.25. The molecule has 0 amide bonds. The van der Waals surface area contributed by atoms with E-state index in [1.54, 1.807) is 24.3 Å². The summed E-state index contributed by atoms with van der Waals surface area (Å²) in [6.45, 7) is 1.90. The van der Waals surface area contributed by atoms with Crippen molar-refractivity contribution in [3.05, 3.63) is 77.3 Å². The molecule has 0 saturated heterocycles. The maximum absolute atomic E-state index is 12.6. The lowest BCUT2D eigenvalue weighted by Crippen LogP contribution is -2.14. The fourth-order valence-electron chi connectivity index (χ4n) is 2.57. The molecule has 7 nitrogen and oxygen atoms in total. The molecule has 0 aliphatic carbocycles. The van der Waals surface area contributed by atoms with Crippen LogP contribution in [0.2, 0.25) is 5.02 Å². The molecule has 0 unspecified atom stereocenters. The summed E-state index contributed by atoms with van der Waals surface area (Å²) in [4.78, 5) is -0.0513. The van der Waals surface area contributed by atoms with E-state index in [1.165, 1.54) is 49.6 Å². The Morgan fingerprint density at radius 3 is 1.70 bits per heavy atom. The molecule has 30 heavy (non-hydrogen) atoms.